The predicted molar refractivity (Wildman–Crippen MR) is 69.4 cm³/mol. The molecule has 0 aromatic rings. The van der Waals surface area contributed by atoms with Crippen molar-refractivity contribution >= 4 is 12.0 Å². The second-order valence-electron chi connectivity index (χ2n) is 5.32. The molecule has 3 atom stereocenters. The Balaban J connectivity index is 2.33. The van der Waals surface area contributed by atoms with Gasteiger partial charge in [-0.05, 0) is 31.6 Å². The van der Waals surface area contributed by atoms with E-state index in [0.29, 0.717) is 12.3 Å². The number of amides is 2. The SMILES string of the molecule is CCCC(CC(=O)O)NC(=O)NC1CCC(C)C1. The highest BCUT2D eigenvalue weighted by Gasteiger charge is 2.23. The van der Waals surface area contributed by atoms with Gasteiger partial charge in [-0.25, -0.2) is 4.79 Å². The summed E-state index contributed by atoms with van der Waals surface area (Å²) in [4.78, 5) is 22.4. The number of nitrogens with one attached hydrogen (secondary N) is 2. The summed E-state index contributed by atoms with van der Waals surface area (Å²) in [7, 11) is 0. The maximum Gasteiger partial charge on any atom is 0.315 e. The van der Waals surface area contributed by atoms with Gasteiger partial charge in [-0.1, -0.05) is 20.3 Å². The van der Waals surface area contributed by atoms with Crippen molar-refractivity contribution in [2.45, 2.75) is 64.5 Å². The minimum atomic E-state index is -0.872. The summed E-state index contributed by atoms with van der Waals surface area (Å²) < 4.78 is 0. The van der Waals surface area contributed by atoms with Crippen LogP contribution >= 0.6 is 0 Å². The average molecular weight is 256 g/mol. The highest BCUT2D eigenvalue weighted by molar-refractivity contribution is 5.76. The van der Waals surface area contributed by atoms with E-state index in [1.54, 1.807) is 0 Å². The summed E-state index contributed by atoms with van der Waals surface area (Å²) in [5.74, 6) is -0.205. The first-order valence-corrected chi connectivity index (χ1v) is 6.80. The van der Waals surface area contributed by atoms with Crippen LogP contribution < -0.4 is 10.6 Å². The number of carbonyl (C=O) groups is 2. The Morgan fingerprint density at radius 2 is 2.11 bits per heavy atom. The lowest BCUT2D eigenvalue weighted by Gasteiger charge is -2.19. The maximum atomic E-state index is 11.8. The molecule has 1 aliphatic rings. The van der Waals surface area contributed by atoms with Crippen LogP contribution in [0.2, 0.25) is 0 Å². The third kappa shape index (κ3) is 5.38. The second-order valence-corrected chi connectivity index (χ2v) is 5.32. The molecule has 1 rings (SSSR count). The van der Waals surface area contributed by atoms with E-state index in [1.807, 2.05) is 6.92 Å². The zero-order valence-corrected chi connectivity index (χ0v) is 11.2. The fourth-order valence-electron chi connectivity index (χ4n) is 2.54. The summed E-state index contributed by atoms with van der Waals surface area (Å²) in [6.07, 6.45) is 4.73. The molecule has 18 heavy (non-hydrogen) atoms. The van der Waals surface area contributed by atoms with E-state index in [-0.39, 0.29) is 24.5 Å². The summed E-state index contributed by atoms with van der Waals surface area (Å²) in [5.41, 5.74) is 0. The molecule has 0 aliphatic heterocycles. The molecule has 0 aromatic carbocycles. The van der Waals surface area contributed by atoms with Gasteiger partial charge in [0.15, 0.2) is 0 Å². The molecule has 3 unspecified atom stereocenters. The first-order chi connectivity index (χ1) is 8.51. The molecule has 0 radical (unpaired) electrons. The van der Waals surface area contributed by atoms with Gasteiger partial charge < -0.3 is 15.7 Å². The third-order valence-electron chi connectivity index (χ3n) is 3.42. The normalized spacial score (nSPS) is 24.6. The van der Waals surface area contributed by atoms with E-state index in [0.717, 1.165) is 25.7 Å². The molecular weight excluding hydrogens is 232 g/mol. The first kappa shape index (κ1) is 14.8. The smallest absolute Gasteiger partial charge is 0.315 e. The van der Waals surface area contributed by atoms with Crippen LogP contribution in [-0.2, 0) is 4.79 Å². The minimum Gasteiger partial charge on any atom is -0.481 e. The van der Waals surface area contributed by atoms with Crippen molar-refractivity contribution in [3.05, 3.63) is 0 Å². The van der Waals surface area contributed by atoms with Gasteiger partial charge in [-0.15, -0.1) is 0 Å². The van der Waals surface area contributed by atoms with Crippen molar-refractivity contribution in [2.24, 2.45) is 5.92 Å². The van der Waals surface area contributed by atoms with Gasteiger partial charge in [0.25, 0.3) is 0 Å². The zero-order valence-electron chi connectivity index (χ0n) is 11.2. The zero-order chi connectivity index (χ0) is 13.5. The molecule has 104 valence electrons. The van der Waals surface area contributed by atoms with E-state index < -0.39 is 5.97 Å². The van der Waals surface area contributed by atoms with E-state index in [1.165, 1.54) is 0 Å². The van der Waals surface area contributed by atoms with Crippen LogP contribution in [0.15, 0.2) is 0 Å². The number of hydrogen-bond acceptors (Lipinski definition) is 2. The molecule has 5 nitrogen and oxygen atoms in total. The molecular formula is C13H24N2O3. The van der Waals surface area contributed by atoms with E-state index >= 15 is 0 Å². The largest absolute Gasteiger partial charge is 0.481 e. The number of aliphatic carboxylic acids is 1. The highest BCUT2D eigenvalue weighted by Crippen LogP contribution is 2.24. The molecule has 5 heteroatoms. The molecule has 3 N–H and O–H groups in total. The Kier molecular flexibility index (Phi) is 5.95. The topological polar surface area (TPSA) is 78.4 Å². The average Bonchev–Trinajstić information content (AvgIpc) is 2.62. The van der Waals surface area contributed by atoms with E-state index in [9.17, 15) is 9.59 Å². The molecule has 2 amide bonds. The number of carbonyl (C=O) groups excluding carboxylic acids is 1. The van der Waals surface area contributed by atoms with Gasteiger partial charge in [0.2, 0.25) is 0 Å². The lowest BCUT2D eigenvalue weighted by atomic mass is 10.1. The van der Waals surface area contributed by atoms with Gasteiger partial charge in [0.1, 0.15) is 0 Å². The molecule has 0 spiro atoms. The Morgan fingerprint density at radius 3 is 2.61 bits per heavy atom. The fourth-order valence-corrected chi connectivity index (χ4v) is 2.54. The molecule has 1 fully saturated rings. The summed E-state index contributed by atoms with van der Waals surface area (Å²) in [6, 6.07) is -0.257. The number of carboxylic acid groups (broad SMARTS) is 1. The standard InChI is InChI=1S/C13H24N2O3/c1-3-4-10(8-12(16)17)14-13(18)15-11-6-5-9(2)7-11/h9-11H,3-8H2,1-2H3,(H,16,17)(H2,14,15,18). The van der Waals surface area contributed by atoms with Gasteiger partial charge in [-0.2, -0.15) is 0 Å². The molecule has 0 aromatic heterocycles. The molecule has 0 saturated heterocycles. The number of hydrogen-bond donors (Lipinski definition) is 3. The van der Waals surface area contributed by atoms with Crippen LogP contribution in [0.4, 0.5) is 4.79 Å². The molecule has 1 aliphatic carbocycles. The Morgan fingerprint density at radius 1 is 1.39 bits per heavy atom. The van der Waals surface area contributed by atoms with Crippen molar-refractivity contribution in [1.29, 1.82) is 0 Å². The van der Waals surface area contributed by atoms with Gasteiger partial charge in [-0.3, -0.25) is 4.79 Å². The van der Waals surface area contributed by atoms with Crippen LogP contribution in [0.1, 0.15) is 52.4 Å². The fraction of sp³-hybridized carbons (Fsp3) is 0.846. The van der Waals surface area contributed by atoms with Gasteiger partial charge >= 0.3 is 12.0 Å². The van der Waals surface area contributed by atoms with Crippen LogP contribution in [0, 0.1) is 5.92 Å². The van der Waals surface area contributed by atoms with Crippen LogP contribution in [0.3, 0.4) is 0 Å². The number of rotatable bonds is 6. The highest BCUT2D eigenvalue weighted by atomic mass is 16.4. The Hall–Kier alpha value is -1.26. The quantitative estimate of drug-likeness (QED) is 0.681. The third-order valence-corrected chi connectivity index (χ3v) is 3.42. The monoisotopic (exact) mass is 256 g/mol. The first-order valence-electron chi connectivity index (χ1n) is 6.80. The Labute approximate surface area is 108 Å². The van der Waals surface area contributed by atoms with Gasteiger partial charge in [0, 0.05) is 12.1 Å². The number of carboxylic acids is 1. The van der Waals surface area contributed by atoms with Gasteiger partial charge in [0.05, 0.1) is 6.42 Å². The van der Waals surface area contributed by atoms with E-state index in [2.05, 4.69) is 17.6 Å². The molecule has 1 saturated carbocycles. The Bertz CT molecular complexity index is 294. The van der Waals surface area contributed by atoms with Crippen LogP contribution in [-0.4, -0.2) is 29.2 Å². The van der Waals surface area contributed by atoms with E-state index in [4.69, 9.17) is 5.11 Å². The van der Waals surface area contributed by atoms with Crippen molar-refractivity contribution in [3.8, 4) is 0 Å². The van der Waals surface area contributed by atoms with Crippen LogP contribution in [0.25, 0.3) is 0 Å². The predicted octanol–water partition coefficient (Wildman–Crippen LogP) is 2.12. The second kappa shape index (κ2) is 7.24. The van der Waals surface area contributed by atoms with Crippen molar-refractivity contribution in [2.75, 3.05) is 0 Å². The van der Waals surface area contributed by atoms with Crippen molar-refractivity contribution < 1.29 is 14.7 Å². The molecule has 0 bridgehead atoms. The maximum absolute atomic E-state index is 11.8. The van der Waals surface area contributed by atoms with Crippen LogP contribution in [0.5, 0.6) is 0 Å². The summed E-state index contributed by atoms with van der Waals surface area (Å²) in [5, 5.41) is 14.5. The number of urea groups is 1. The summed E-state index contributed by atoms with van der Waals surface area (Å²) in [6.45, 7) is 4.16. The lowest BCUT2D eigenvalue weighted by molar-refractivity contribution is -0.137. The van der Waals surface area contributed by atoms with Crippen molar-refractivity contribution in [3.63, 3.8) is 0 Å². The van der Waals surface area contributed by atoms with Crippen molar-refractivity contribution in [1.82, 2.24) is 10.6 Å². The lowest BCUT2D eigenvalue weighted by Crippen LogP contribution is -2.46. The molecule has 0 heterocycles. The minimum absolute atomic E-state index is 0.0116. The summed E-state index contributed by atoms with van der Waals surface area (Å²) >= 11 is 0.